The van der Waals surface area contributed by atoms with Gasteiger partial charge in [-0.25, -0.2) is 0 Å². The van der Waals surface area contributed by atoms with Crippen LogP contribution in [-0.4, -0.2) is 56.5 Å². The zero-order chi connectivity index (χ0) is 18.8. The molecule has 0 unspecified atom stereocenters. The van der Waals surface area contributed by atoms with E-state index in [9.17, 15) is 9.59 Å². The fourth-order valence-corrected chi connectivity index (χ4v) is 4.76. The topological polar surface area (TPSA) is 71.3 Å². The fraction of sp³-hybridized carbons (Fsp3) is 0.579. The van der Waals surface area contributed by atoms with Crippen molar-refractivity contribution in [3.05, 3.63) is 34.0 Å². The van der Waals surface area contributed by atoms with Crippen molar-refractivity contribution < 1.29 is 9.59 Å². The molecule has 7 nitrogen and oxygen atoms in total. The molecule has 0 bridgehead atoms. The Labute approximate surface area is 163 Å². The number of likely N-dealkylation sites (N-methyl/N-ethyl adjacent to an activating group) is 1. The number of thiophene rings is 1. The molecule has 2 aliphatic rings. The van der Waals surface area contributed by atoms with Crippen molar-refractivity contribution in [3.8, 4) is 0 Å². The van der Waals surface area contributed by atoms with E-state index in [1.807, 2.05) is 16.3 Å². The first-order chi connectivity index (χ1) is 13.1. The maximum absolute atomic E-state index is 12.9. The van der Waals surface area contributed by atoms with Gasteiger partial charge in [0.2, 0.25) is 5.91 Å². The number of fused-ring (bicyclic) bond motifs is 1. The summed E-state index contributed by atoms with van der Waals surface area (Å²) in [6.45, 7) is 1.74. The minimum atomic E-state index is -0.106. The van der Waals surface area contributed by atoms with E-state index in [0.29, 0.717) is 11.4 Å². The summed E-state index contributed by atoms with van der Waals surface area (Å²) in [5.41, 5.74) is 0. The highest BCUT2D eigenvalue weighted by Gasteiger charge is 2.35. The summed E-state index contributed by atoms with van der Waals surface area (Å²) in [7, 11) is 1.69. The van der Waals surface area contributed by atoms with Gasteiger partial charge < -0.3 is 14.4 Å². The van der Waals surface area contributed by atoms with E-state index < -0.39 is 0 Å². The summed E-state index contributed by atoms with van der Waals surface area (Å²) >= 11 is 1.40. The second-order valence-corrected chi connectivity index (χ2v) is 8.27. The van der Waals surface area contributed by atoms with Gasteiger partial charge in [0.15, 0.2) is 5.82 Å². The van der Waals surface area contributed by atoms with Crippen LogP contribution in [0.25, 0.3) is 0 Å². The average molecular weight is 388 g/mol. The van der Waals surface area contributed by atoms with Gasteiger partial charge >= 0.3 is 0 Å². The van der Waals surface area contributed by atoms with Crippen molar-refractivity contribution >= 4 is 23.2 Å². The molecule has 0 radical (unpaired) electrons. The Morgan fingerprint density at radius 1 is 1.22 bits per heavy atom. The molecule has 0 aliphatic carbocycles. The molecular formula is C19H25N5O2S. The Bertz CT molecular complexity index is 816. The number of aromatic nitrogens is 3. The first-order valence-corrected chi connectivity index (χ1v) is 10.5. The van der Waals surface area contributed by atoms with Crippen molar-refractivity contribution in [1.82, 2.24) is 24.6 Å². The summed E-state index contributed by atoms with van der Waals surface area (Å²) in [4.78, 5) is 29.4. The van der Waals surface area contributed by atoms with E-state index >= 15 is 0 Å². The van der Waals surface area contributed by atoms with Crippen molar-refractivity contribution in [3.63, 3.8) is 0 Å². The van der Waals surface area contributed by atoms with Crippen LogP contribution in [0, 0.1) is 0 Å². The number of carbonyl (C=O) groups excluding carboxylic acids is 2. The highest BCUT2D eigenvalue weighted by atomic mass is 32.1. The Hall–Kier alpha value is -2.22. The van der Waals surface area contributed by atoms with E-state index in [1.165, 1.54) is 22.7 Å². The standard InChI is InChI=1S/C19H25N5O2S/c1-22(19(26)15-8-6-12-27-15)13-17(25)23-11-5-7-14(23)18-21-20-16-9-3-2-4-10-24(16)18/h6,8,12,14H,2-5,7,9-11,13H2,1H3/t14-/m0/s1. The van der Waals surface area contributed by atoms with E-state index in [4.69, 9.17) is 0 Å². The molecule has 1 fully saturated rings. The van der Waals surface area contributed by atoms with Gasteiger partial charge in [-0.2, -0.15) is 0 Å². The molecule has 2 aliphatic heterocycles. The SMILES string of the molecule is CN(CC(=O)N1CCC[C@H]1c1nnc2n1CCCCC2)C(=O)c1cccs1. The van der Waals surface area contributed by atoms with Crippen LogP contribution >= 0.6 is 11.3 Å². The summed E-state index contributed by atoms with van der Waals surface area (Å²) in [5, 5.41) is 10.7. The van der Waals surface area contributed by atoms with Crippen molar-refractivity contribution in [2.75, 3.05) is 20.1 Å². The highest BCUT2D eigenvalue weighted by Crippen LogP contribution is 2.32. The molecule has 2 aromatic rings. The third-order valence-electron chi connectivity index (χ3n) is 5.46. The Morgan fingerprint density at radius 3 is 2.93 bits per heavy atom. The van der Waals surface area contributed by atoms with Gasteiger partial charge in [0.05, 0.1) is 17.5 Å². The lowest BCUT2D eigenvalue weighted by molar-refractivity contribution is -0.132. The molecule has 1 saturated heterocycles. The number of amides is 2. The zero-order valence-electron chi connectivity index (χ0n) is 15.6. The Kier molecular flexibility index (Phi) is 5.24. The van der Waals surface area contributed by atoms with E-state index in [1.54, 1.807) is 13.1 Å². The van der Waals surface area contributed by atoms with E-state index in [0.717, 1.165) is 50.3 Å². The second-order valence-electron chi connectivity index (χ2n) is 7.32. The van der Waals surface area contributed by atoms with Crippen LogP contribution in [-0.2, 0) is 17.8 Å². The normalized spacial score (nSPS) is 19.6. The number of nitrogens with zero attached hydrogens (tertiary/aromatic N) is 5. The first-order valence-electron chi connectivity index (χ1n) is 9.65. The number of likely N-dealkylation sites (tertiary alicyclic amines) is 1. The molecule has 4 rings (SSSR count). The van der Waals surface area contributed by atoms with Gasteiger partial charge in [0, 0.05) is 26.6 Å². The Morgan fingerprint density at radius 2 is 2.11 bits per heavy atom. The lowest BCUT2D eigenvalue weighted by Crippen LogP contribution is -2.41. The molecule has 8 heteroatoms. The van der Waals surface area contributed by atoms with Crippen molar-refractivity contribution in [2.24, 2.45) is 0 Å². The molecule has 0 aromatic carbocycles. The van der Waals surface area contributed by atoms with Gasteiger partial charge in [-0.1, -0.05) is 12.5 Å². The largest absolute Gasteiger partial charge is 0.332 e. The van der Waals surface area contributed by atoms with Crippen LogP contribution in [0.2, 0.25) is 0 Å². The third-order valence-corrected chi connectivity index (χ3v) is 6.32. The Balaban J connectivity index is 1.47. The molecule has 2 amide bonds. The van der Waals surface area contributed by atoms with Crippen LogP contribution in [0.4, 0.5) is 0 Å². The summed E-state index contributed by atoms with van der Waals surface area (Å²) < 4.78 is 2.23. The van der Waals surface area contributed by atoms with Gasteiger partial charge in [0.25, 0.3) is 5.91 Å². The predicted molar refractivity (Wildman–Crippen MR) is 103 cm³/mol. The van der Waals surface area contributed by atoms with Crippen molar-refractivity contribution in [2.45, 2.75) is 51.1 Å². The number of aryl methyl sites for hydroxylation is 1. The maximum atomic E-state index is 12.9. The fourth-order valence-electron chi connectivity index (χ4n) is 4.04. The quantitative estimate of drug-likeness (QED) is 0.808. The van der Waals surface area contributed by atoms with Crippen LogP contribution in [0.15, 0.2) is 17.5 Å². The number of hydrogen-bond donors (Lipinski definition) is 0. The van der Waals surface area contributed by atoms with Gasteiger partial charge in [-0.15, -0.1) is 21.5 Å². The molecule has 0 N–H and O–H groups in total. The van der Waals surface area contributed by atoms with Gasteiger partial charge in [0.1, 0.15) is 5.82 Å². The van der Waals surface area contributed by atoms with Gasteiger partial charge in [-0.3, -0.25) is 9.59 Å². The van der Waals surface area contributed by atoms with Crippen LogP contribution in [0.3, 0.4) is 0 Å². The minimum Gasteiger partial charge on any atom is -0.332 e. The second kappa shape index (κ2) is 7.80. The number of rotatable bonds is 4. The molecule has 1 atom stereocenters. The van der Waals surface area contributed by atoms with Crippen molar-refractivity contribution in [1.29, 1.82) is 0 Å². The van der Waals surface area contributed by atoms with E-state index in [-0.39, 0.29) is 24.4 Å². The summed E-state index contributed by atoms with van der Waals surface area (Å²) in [6.07, 6.45) is 6.34. The molecule has 4 heterocycles. The molecule has 0 saturated carbocycles. The lowest BCUT2D eigenvalue weighted by atomic mass is 10.2. The number of carbonyl (C=O) groups is 2. The van der Waals surface area contributed by atoms with Crippen LogP contribution < -0.4 is 0 Å². The minimum absolute atomic E-state index is 0.0177. The summed E-state index contributed by atoms with van der Waals surface area (Å²) in [5.74, 6) is 1.85. The third kappa shape index (κ3) is 3.63. The van der Waals surface area contributed by atoms with Crippen LogP contribution in [0.5, 0.6) is 0 Å². The van der Waals surface area contributed by atoms with Gasteiger partial charge in [-0.05, 0) is 37.1 Å². The molecular weight excluding hydrogens is 362 g/mol. The zero-order valence-corrected chi connectivity index (χ0v) is 16.5. The first kappa shape index (κ1) is 18.2. The average Bonchev–Trinajstić information content (AvgIpc) is 3.39. The molecule has 0 spiro atoms. The predicted octanol–water partition coefficient (Wildman–Crippen LogP) is 2.50. The maximum Gasteiger partial charge on any atom is 0.264 e. The molecule has 27 heavy (non-hydrogen) atoms. The smallest absolute Gasteiger partial charge is 0.264 e. The summed E-state index contributed by atoms with van der Waals surface area (Å²) in [6, 6.07) is 3.61. The lowest BCUT2D eigenvalue weighted by Gasteiger charge is -2.27. The van der Waals surface area contributed by atoms with Crippen LogP contribution in [0.1, 0.15) is 59.5 Å². The monoisotopic (exact) mass is 387 g/mol. The van der Waals surface area contributed by atoms with E-state index in [2.05, 4.69) is 14.8 Å². The highest BCUT2D eigenvalue weighted by molar-refractivity contribution is 7.12. The molecule has 2 aromatic heterocycles. The molecule has 144 valence electrons. The number of hydrogen-bond acceptors (Lipinski definition) is 5.